The largest absolute Gasteiger partial charge is 0.497 e. The van der Waals surface area contributed by atoms with Crippen molar-refractivity contribution in [1.82, 2.24) is 9.55 Å². The molecular formula is C40H41FN2O8. The van der Waals surface area contributed by atoms with E-state index in [9.17, 15) is 9.90 Å². The summed E-state index contributed by atoms with van der Waals surface area (Å²) in [4.78, 5) is 17.3. The van der Waals surface area contributed by atoms with Gasteiger partial charge >= 0.3 is 5.69 Å². The second-order valence-corrected chi connectivity index (χ2v) is 12.5. The smallest absolute Gasteiger partial charge is 0.353 e. The molecule has 1 aliphatic heterocycles. The molecule has 4 aromatic carbocycles. The number of methoxy groups -OCH3 is 3. The number of ether oxygens (including phenoxy) is 6. The molecule has 5 aromatic rings. The van der Waals surface area contributed by atoms with Crippen molar-refractivity contribution in [3.8, 4) is 23.1 Å². The number of aliphatic hydroxyl groups is 1. The highest BCUT2D eigenvalue weighted by molar-refractivity contribution is 5.50. The van der Waals surface area contributed by atoms with Crippen LogP contribution in [0.2, 0.25) is 0 Å². The van der Waals surface area contributed by atoms with Crippen molar-refractivity contribution in [1.29, 1.82) is 0 Å². The number of hydrogen-bond acceptors (Lipinski definition) is 9. The van der Waals surface area contributed by atoms with Crippen molar-refractivity contribution in [2.75, 3.05) is 27.9 Å². The lowest BCUT2D eigenvalue weighted by molar-refractivity contribution is -0.0969. The Balaban J connectivity index is 1.34. The van der Waals surface area contributed by atoms with E-state index in [0.29, 0.717) is 17.2 Å². The Morgan fingerprint density at radius 3 is 1.92 bits per heavy atom. The van der Waals surface area contributed by atoms with E-state index in [1.54, 1.807) is 14.2 Å². The molecular weight excluding hydrogens is 655 g/mol. The third-order valence-electron chi connectivity index (χ3n) is 9.17. The molecule has 0 bridgehead atoms. The molecule has 0 amide bonds. The first kappa shape index (κ1) is 35.7. The maximum atomic E-state index is 15.6. The molecule has 10 nitrogen and oxygen atoms in total. The van der Waals surface area contributed by atoms with Crippen molar-refractivity contribution in [2.24, 2.45) is 0 Å². The zero-order valence-electron chi connectivity index (χ0n) is 29.3. The number of hydrogen-bond donors (Lipinski definition) is 1. The van der Waals surface area contributed by atoms with Crippen LogP contribution in [0.15, 0.2) is 102 Å². The standard InChI is InChI=1S/C40H41FN2O8/c1-24-20-25(2)35(26(3)21-24)51-37-32(41)22-43(39(45)42-37)38-36(48-6)34(44)33(50-38)23-49-40(27-10-8-7-9-11-27,28-12-16-30(46-4)17-13-28)29-14-18-31(47-5)19-15-29/h7-22,33-34,36,38,44H,23H2,1-6H3/t33-,34-,36-,38-/m1/s1. The molecule has 11 heteroatoms. The van der Waals surface area contributed by atoms with E-state index >= 15 is 4.39 Å². The quantitative estimate of drug-likeness (QED) is 0.148. The highest BCUT2D eigenvalue weighted by atomic mass is 19.1. The van der Waals surface area contributed by atoms with Gasteiger partial charge in [-0.15, -0.1) is 0 Å². The summed E-state index contributed by atoms with van der Waals surface area (Å²) in [6.45, 7) is 5.47. The summed E-state index contributed by atoms with van der Waals surface area (Å²) in [7, 11) is 4.58. The van der Waals surface area contributed by atoms with Crippen LogP contribution < -0.4 is 19.9 Å². The van der Waals surface area contributed by atoms with Crippen molar-refractivity contribution in [2.45, 2.75) is 50.9 Å². The molecule has 4 atom stereocenters. The third kappa shape index (κ3) is 6.98. The van der Waals surface area contributed by atoms with Gasteiger partial charge in [0, 0.05) is 7.11 Å². The minimum atomic E-state index is -1.26. The normalized spacial score (nSPS) is 18.8. The van der Waals surface area contributed by atoms with Crippen LogP contribution in [-0.2, 0) is 19.8 Å². The van der Waals surface area contributed by atoms with Crippen molar-refractivity contribution >= 4 is 0 Å². The Morgan fingerprint density at radius 1 is 0.843 bits per heavy atom. The summed E-state index contributed by atoms with van der Waals surface area (Å²) in [5, 5.41) is 11.5. The second-order valence-electron chi connectivity index (χ2n) is 12.5. The van der Waals surface area contributed by atoms with Gasteiger partial charge in [0.2, 0.25) is 5.82 Å². The molecule has 0 saturated carbocycles. The number of aromatic nitrogens is 2. The molecule has 51 heavy (non-hydrogen) atoms. The fraction of sp³-hybridized carbons (Fsp3) is 0.300. The molecule has 1 N–H and O–H groups in total. The molecule has 0 radical (unpaired) electrons. The van der Waals surface area contributed by atoms with Crippen molar-refractivity contribution in [3.63, 3.8) is 0 Å². The Hall–Kier alpha value is -5.07. The van der Waals surface area contributed by atoms with E-state index in [1.165, 1.54) is 7.11 Å². The summed E-state index contributed by atoms with van der Waals surface area (Å²) in [6.07, 6.45) is -3.58. The average Bonchev–Trinajstić information content (AvgIpc) is 3.46. The lowest BCUT2D eigenvalue weighted by atomic mass is 9.80. The van der Waals surface area contributed by atoms with E-state index in [4.69, 9.17) is 28.4 Å². The van der Waals surface area contributed by atoms with Crippen molar-refractivity contribution in [3.05, 3.63) is 147 Å². The molecule has 1 saturated heterocycles. The number of aryl methyl sites for hydroxylation is 3. The van der Waals surface area contributed by atoms with Gasteiger partial charge in [-0.3, -0.25) is 4.57 Å². The highest BCUT2D eigenvalue weighted by Gasteiger charge is 2.48. The molecule has 0 aliphatic carbocycles. The third-order valence-corrected chi connectivity index (χ3v) is 9.17. The van der Waals surface area contributed by atoms with Gasteiger partial charge in [0.25, 0.3) is 5.88 Å². The zero-order chi connectivity index (χ0) is 36.3. The van der Waals surface area contributed by atoms with E-state index in [1.807, 2.05) is 112 Å². The van der Waals surface area contributed by atoms with E-state index in [-0.39, 0.29) is 6.61 Å². The minimum Gasteiger partial charge on any atom is -0.497 e. The van der Waals surface area contributed by atoms with E-state index < -0.39 is 47.5 Å². The molecule has 1 aromatic heterocycles. The average molecular weight is 697 g/mol. The van der Waals surface area contributed by atoms with Gasteiger partial charge < -0.3 is 33.5 Å². The number of rotatable bonds is 12. The SMILES string of the molecule is COc1ccc(C(OC[C@H]2O[C@@H](n3cc(F)c(Oc4c(C)cc(C)cc4C)nc3=O)[C@H](OC)[C@@H]2O)(c2ccccc2)c2ccc(OC)cc2)cc1. The van der Waals surface area contributed by atoms with Gasteiger partial charge in [-0.25, -0.2) is 4.79 Å². The summed E-state index contributed by atoms with van der Waals surface area (Å²) in [5.74, 6) is 0.401. The first-order valence-electron chi connectivity index (χ1n) is 16.5. The van der Waals surface area contributed by atoms with Crippen LogP contribution in [0.3, 0.4) is 0 Å². The topological polar surface area (TPSA) is 111 Å². The lowest BCUT2D eigenvalue weighted by Crippen LogP contribution is -2.40. The van der Waals surface area contributed by atoms with Gasteiger partial charge in [0.15, 0.2) is 6.23 Å². The first-order valence-corrected chi connectivity index (χ1v) is 16.5. The summed E-state index contributed by atoms with van der Waals surface area (Å²) < 4.78 is 52.0. The number of halogens is 1. The molecule has 266 valence electrons. The molecule has 0 unspecified atom stereocenters. The van der Waals surface area contributed by atoms with Crippen LogP contribution >= 0.6 is 0 Å². The minimum absolute atomic E-state index is 0.150. The molecule has 1 aliphatic rings. The summed E-state index contributed by atoms with van der Waals surface area (Å²) >= 11 is 0. The van der Waals surface area contributed by atoms with Crippen LogP contribution in [0.5, 0.6) is 23.1 Å². The van der Waals surface area contributed by atoms with Gasteiger partial charge in [-0.1, -0.05) is 72.3 Å². The maximum absolute atomic E-state index is 15.6. The molecule has 0 spiro atoms. The first-order chi connectivity index (χ1) is 24.6. The second kappa shape index (κ2) is 15.0. The maximum Gasteiger partial charge on any atom is 0.353 e. The van der Waals surface area contributed by atoms with E-state index in [0.717, 1.165) is 44.1 Å². The Bertz CT molecular complexity index is 1950. The molecule has 2 heterocycles. The van der Waals surface area contributed by atoms with Crippen molar-refractivity contribution < 1.29 is 37.9 Å². The predicted octanol–water partition coefficient (Wildman–Crippen LogP) is 6.40. The fourth-order valence-electron chi connectivity index (χ4n) is 6.73. The van der Waals surface area contributed by atoms with Crippen LogP contribution in [0.1, 0.15) is 39.6 Å². The summed E-state index contributed by atoms with van der Waals surface area (Å²) in [5.41, 5.74) is 2.91. The van der Waals surface area contributed by atoms with Gasteiger partial charge in [-0.05, 0) is 72.9 Å². The van der Waals surface area contributed by atoms with Crippen LogP contribution in [0.25, 0.3) is 0 Å². The van der Waals surface area contributed by atoms with Gasteiger partial charge in [0.1, 0.15) is 41.2 Å². The monoisotopic (exact) mass is 696 g/mol. The number of benzene rings is 4. The lowest BCUT2D eigenvalue weighted by Gasteiger charge is -2.37. The van der Waals surface area contributed by atoms with Crippen LogP contribution in [0, 0.1) is 26.6 Å². The Morgan fingerprint density at radius 2 is 1.39 bits per heavy atom. The highest BCUT2D eigenvalue weighted by Crippen LogP contribution is 2.43. The Kier molecular flexibility index (Phi) is 10.5. The van der Waals surface area contributed by atoms with Crippen LogP contribution in [-0.4, -0.2) is 60.9 Å². The summed E-state index contributed by atoms with van der Waals surface area (Å²) in [6, 6.07) is 28.5. The van der Waals surface area contributed by atoms with E-state index in [2.05, 4.69) is 4.98 Å². The zero-order valence-corrected chi connectivity index (χ0v) is 29.3. The Labute approximate surface area is 295 Å². The predicted molar refractivity (Wildman–Crippen MR) is 188 cm³/mol. The van der Waals surface area contributed by atoms with Crippen LogP contribution in [0.4, 0.5) is 4.39 Å². The fourth-order valence-corrected chi connectivity index (χ4v) is 6.73. The number of nitrogens with zero attached hydrogens (tertiary/aromatic N) is 2. The van der Waals surface area contributed by atoms with Gasteiger partial charge in [-0.2, -0.15) is 9.37 Å². The van der Waals surface area contributed by atoms with Gasteiger partial charge in [0.05, 0.1) is 27.0 Å². The number of aliphatic hydroxyl groups excluding tert-OH is 1. The molecule has 1 fully saturated rings. The molecule has 6 rings (SSSR count).